The highest BCUT2D eigenvalue weighted by molar-refractivity contribution is 7.15. The minimum atomic E-state index is 0.283. The van der Waals surface area contributed by atoms with E-state index in [0.717, 1.165) is 29.6 Å². The Labute approximate surface area is 118 Å². The van der Waals surface area contributed by atoms with E-state index in [4.69, 9.17) is 4.74 Å². The molecule has 2 heterocycles. The Balaban J connectivity index is 2.07. The fourth-order valence-corrected chi connectivity index (χ4v) is 2.57. The van der Waals surface area contributed by atoms with Gasteiger partial charge in [-0.25, -0.2) is 0 Å². The number of methoxy groups -OCH3 is 1. The quantitative estimate of drug-likeness (QED) is 0.884. The summed E-state index contributed by atoms with van der Waals surface area (Å²) in [7, 11) is 1.67. The third-order valence-electron chi connectivity index (χ3n) is 3.95. The van der Waals surface area contributed by atoms with Gasteiger partial charge in [-0.15, -0.1) is 11.3 Å². The molecule has 0 spiro atoms. The van der Waals surface area contributed by atoms with E-state index < -0.39 is 0 Å². The largest absolute Gasteiger partial charge is 0.480 e. The SMILES string of the molecule is COc1nc2sccn2c1CNCC(C)(C)C(C)C. The van der Waals surface area contributed by atoms with Crippen molar-refractivity contribution < 1.29 is 4.74 Å². The van der Waals surface area contributed by atoms with E-state index in [1.165, 1.54) is 0 Å². The second kappa shape index (κ2) is 5.51. The summed E-state index contributed by atoms with van der Waals surface area (Å²) in [6.07, 6.45) is 2.04. The number of aromatic nitrogens is 2. The number of nitrogens with zero attached hydrogens (tertiary/aromatic N) is 2. The third-order valence-corrected chi connectivity index (χ3v) is 4.71. The zero-order valence-electron chi connectivity index (χ0n) is 12.4. The standard InChI is InChI=1S/C14H23N3OS/c1-10(2)14(3,4)9-15-8-11-12(18-5)16-13-17(11)6-7-19-13/h6-7,10,15H,8-9H2,1-5H3. The van der Waals surface area contributed by atoms with Gasteiger partial charge in [-0.2, -0.15) is 4.98 Å². The van der Waals surface area contributed by atoms with E-state index in [1.54, 1.807) is 18.4 Å². The summed E-state index contributed by atoms with van der Waals surface area (Å²) in [5.74, 6) is 1.37. The molecule has 0 aromatic carbocycles. The summed E-state index contributed by atoms with van der Waals surface area (Å²) in [5, 5.41) is 5.57. The topological polar surface area (TPSA) is 38.6 Å². The van der Waals surface area contributed by atoms with Crippen molar-refractivity contribution in [1.29, 1.82) is 0 Å². The van der Waals surface area contributed by atoms with Crippen molar-refractivity contribution in [3.63, 3.8) is 0 Å². The van der Waals surface area contributed by atoms with Crippen LogP contribution in [0.3, 0.4) is 0 Å². The van der Waals surface area contributed by atoms with Crippen LogP contribution >= 0.6 is 11.3 Å². The number of rotatable bonds is 6. The lowest BCUT2D eigenvalue weighted by molar-refractivity contribution is 0.237. The van der Waals surface area contributed by atoms with Crippen molar-refractivity contribution in [3.8, 4) is 5.88 Å². The van der Waals surface area contributed by atoms with Crippen LogP contribution in [0.2, 0.25) is 0 Å². The smallest absolute Gasteiger partial charge is 0.237 e. The first kappa shape index (κ1) is 14.3. The number of hydrogen-bond acceptors (Lipinski definition) is 4. The molecule has 0 bridgehead atoms. The van der Waals surface area contributed by atoms with E-state index in [-0.39, 0.29) is 5.41 Å². The van der Waals surface area contributed by atoms with Gasteiger partial charge in [-0.05, 0) is 11.3 Å². The summed E-state index contributed by atoms with van der Waals surface area (Å²) in [4.78, 5) is 5.44. The normalized spacial score (nSPS) is 12.5. The van der Waals surface area contributed by atoms with Crippen LogP contribution < -0.4 is 10.1 Å². The molecule has 0 unspecified atom stereocenters. The Kier molecular flexibility index (Phi) is 4.16. The molecule has 0 amide bonds. The van der Waals surface area contributed by atoms with Crippen molar-refractivity contribution in [3.05, 3.63) is 17.3 Å². The predicted molar refractivity (Wildman–Crippen MR) is 79.9 cm³/mol. The summed E-state index contributed by atoms with van der Waals surface area (Å²) in [5.41, 5.74) is 1.38. The molecule has 2 rings (SSSR count). The minimum absolute atomic E-state index is 0.283. The van der Waals surface area contributed by atoms with Crippen LogP contribution in [-0.2, 0) is 6.54 Å². The molecular formula is C14H23N3OS. The van der Waals surface area contributed by atoms with Gasteiger partial charge in [-0.3, -0.25) is 4.40 Å². The second-order valence-corrected chi connectivity index (χ2v) is 6.74. The number of ether oxygens (including phenoxy) is 1. The highest BCUT2D eigenvalue weighted by atomic mass is 32.1. The van der Waals surface area contributed by atoms with Crippen LogP contribution in [0.25, 0.3) is 4.96 Å². The molecule has 2 aromatic heterocycles. The Morgan fingerprint density at radius 1 is 1.47 bits per heavy atom. The summed E-state index contributed by atoms with van der Waals surface area (Å²) < 4.78 is 7.45. The van der Waals surface area contributed by atoms with Gasteiger partial charge >= 0.3 is 0 Å². The van der Waals surface area contributed by atoms with Crippen LogP contribution in [0.5, 0.6) is 5.88 Å². The van der Waals surface area contributed by atoms with Gasteiger partial charge in [0.25, 0.3) is 0 Å². The molecule has 1 N–H and O–H groups in total. The molecule has 106 valence electrons. The maximum Gasteiger partial charge on any atom is 0.237 e. The van der Waals surface area contributed by atoms with Crippen LogP contribution in [0.15, 0.2) is 11.6 Å². The number of nitrogens with one attached hydrogen (secondary N) is 1. The minimum Gasteiger partial charge on any atom is -0.480 e. The van der Waals surface area contributed by atoms with E-state index in [0.29, 0.717) is 5.92 Å². The summed E-state index contributed by atoms with van der Waals surface area (Å²) in [6.45, 7) is 10.9. The molecule has 0 radical (unpaired) electrons. The number of fused-ring (bicyclic) bond motifs is 1. The van der Waals surface area contributed by atoms with Gasteiger partial charge in [0.15, 0.2) is 4.96 Å². The van der Waals surface area contributed by atoms with E-state index in [2.05, 4.69) is 42.4 Å². The van der Waals surface area contributed by atoms with Gasteiger partial charge < -0.3 is 10.1 Å². The molecule has 0 aliphatic rings. The molecule has 0 aliphatic carbocycles. The molecule has 0 fully saturated rings. The third kappa shape index (κ3) is 2.92. The highest BCUT2D eigenvalue weighted by Crippen LogP contribution is 2.26. The molecular weight excluding hydrogens is 258 g/mol. The summed E-state index contributed by atoms with van der Waals surface area (Å²) in [6, 6.07) is 0. The van der Waals surface area contributed by atoms with Gasteiger partial charge in [0.05, 0.1) is 7.11 Å². The molecule has 0 aliphatic heterocycles. The number of imidazole rings is 1. The maximum absolute atomic E-state index is 5.35. The molecule has 0 saturated heterocycles. The van der Waals surface area contributed by atoms with Gasteiger partial charge in [-0.1, -0.05) is 27.7 Å². The first-order valence-electron chi connectivity index (χ1n) is 6.65. The molecule has 2 aromatic rings. The molecule has 0 saturated carbocycles. The van der Waals surface area contributed by atoms with Crippen molar-refractivity contribution in [2.45, 2.75) is 34.2 Å². The summed E-state index contributed by atoms with van der Waals surface area (Å²) >= 11 is 1.63. The molecule has 5 heteroatoms. The van der Waals surface area contributed by atoms with Crippen LogP contribution in [-0.4, -0.2) is 23.0 Å². The van der Waals surface area contributed by atoms with Gasteiger partial charge in [0.1, 0.15) is 5.69 Å². The van der Waals surface area contributed by atoms with Crippen LogP contribution in [0.4, 0.5) is 0 Å². The van der Waals surface area contributed by atoms with Crippen molar-refractivity contribution in [2.24, 2.45) is 11.3 Å². The number of hydrogen-bond donors (Lipinski definition) is 1. The highest BCUT2D eigenvalue weighted by Gasteiger charge is 2.22. The average molecular weight is 281 g/mol. The Bertz CT molecular complexity index is 542. The number of thiazole rings is 1. The zero-order chi connectivity index (χ0) is 14.0. The fraction of sp³-hybridized carbons (Fsp3) is 0.643. The fourth-order valence-electron chi connectivity index (χ4n) is 1.84. The first-order valence-corrected chi connectivity index (χ1v) is 7.53. The second-order valence-electron chi connectivity index (χ2n) is 5.87. The lowest BCUT2D eigenvalue weighted by atomic mass is 9.81. The molecule has 4 nitrogen and oxygen atoms in total. The maximum atomic E-state index is 5.35. The van der Waals surface area contributed by atoms with E-state index >= 15 is 0 Å². The van der Waals surface area contributed by atoms with Crippen LogP contribution in [0, 0.1) is 11.3 Å². The Morgan fingerprint density at radius 2 is 2.21 bits per heavy atom. The lowest BCUT2D eigenvalue weighted by Crippen LogP contribution is -2.33. The monoisotopic (exact) mass is 281 g/mol. The van der Waals surface area contributed by atoms with E-state index in [1.807, 2.05) is 11.6 Å². The van der Waals surface area contributed by atoms with Crippen LogP contribution in [0.1, 0.15) is 33.4 Å². The van der Waals surface area contributed by atoms with Gasteiger partial charge in [0, 0.05) is 24.7 Å². The van der Waals surface area contributed by atoms with E-state index in [9.17, 15) is 0 Å². The first-order chi connectivity index (χ1) is 8.95. The van der Waals surface area contributed by atoms with Crippen molar-refractivity contribution >= 4 is 16.3 Å². The molecule has 19 heavy (non-hydrogen) atoms. The lowest BCUT2D eigenvalue weighted by Gasteiger charge is -2.29. The zero-order valence-corrected chi connectivity index (χ0v) is 13.2. The van der Waals surface area contributed by atoms with Crippen molar-refractivity contribution in [1.82, 2.24) is 14.7 Å². The van der Waals surface area contributed by atoms with Gasteiger partial charge in [0.2, 0.25) is 5.88 Å². The Morgan fingerprint density at radius 3 is 2.84 bits per heavy atom. The predicted octanol–water partition coefficient (Wildman–Crippen LogP) is 3.18. The Hall–Kier alpha value is -1.07. The molecule has 0 atom stereocenters. The average Bonchev–Trinajstić information content (AvgIpc) is 2.90. The van der Waals surface area contributed by atoms with Crippen molar-refractivity contribution in [2.75, 3.05) is 13.7 Å².